The van der Waals surface area contributed by atoms with Crippen LogP contribution >= 0.6 is 11.6 Å². The van der Waals surface area contributed by atoms with Crippen LogP contribution in [0.4, 0.5) is 0 Å². The number of benzene rings is 1. The molecule has 0 atom stereocenters. The van der Waals surface area contributed by atoms with E-state index in [1.807, 2.05) is 6.07 Å². The van der Waals surface area contributed by atoms with Gasteiger partial charge in [-0.3, -0.25) is 4.79 Å². The molecule has 0 saturated heterocycles. The minimum atomic E-state index is 0.0969. The highest BCUT2D eigenvalue weighted by Crippen LogP contribution is 2.29. The van der Waals surface area contributed by atoms with Crippen molar-refractivity contribution in [3.63, 3.8) is 0 Å². The first-order valence-corrected chi connectivity index (χ1v) is 5.92. The summed E-state index contributed by atoms with van der Waals surface area (Å²) in [5.74, 6) is 0.298. The summed E-state index contributed by atoms with van der Waals surface area (Å²) in [6, 6.07) is 5.32. The number of carbonyl (C=O) groups is 1. The Kier molecular flexibility index (Phi) is 3.74. The first-order chi connectivity index (χ1) is 8.20. The minimum absolute atomic E-state index is 0.0969. The third-order valence-electron chi connectivity index (χ3n) is 2.77. The summed E-state index contributed by atoms with van der Waals surface area (Å²) in [4.78, 5) is 21.6. The van der Waals surface area contributed by atoms with Crippen LogP contribution in [0, 0.1) is 10.8 Å². The molecule has 0 bridgehead atoms. The molecule has 17 heavy (non-hydrogen) atoms. The average molecular weight is 253 g/mol. The lowest BCUT2D eigenvalue weighted by atomic mass is 10.1. The zero-order valence-electron chi connectivity index (χ0n) is 9.28. The summed E-state index contributed by atoms with van der Waals surface area (Å²) >= 11 is 6.05. The van der Waals surface area contributed by atoms with E-state index in [1.165, 1.54) is 0 Å². The van der Waals surface area contributed by atoms with Crippen LogP contribution in [0.15, 0.2) is 23.4 Å². The minimum Gasteiger partial charge on any atom is -0.352 e. The highest BCUT2D eigenvalue weighted by Gasteiger charge is 2.29. The molecule has 0 heterocycles. The van der Waals surface area contributed by atoms with Crippen LogP contribution < -0.4 is 5.32 Å². The van der Waals surface area contributed by atoms with Gasteiger partial charge in [0.15, 0.2) is 0 Å². The number of hydrogen-bond acceptors (Lipinski definition) is 3. The Morgan fingerprint density at radius 2 is 2.24 bits per heavy atom. The molecular weight excluding hydrogens is 240 g/mol. The van der Waals surface area contributed by atoms with Crippen molar-refractivity contribution in [2.24, 2.45) is 11.1 Å². The fraction of sp³-hybridized carbons (Fsp3) is 0.417. The summed E-state index contributed by atoms with van der Waals surface area (Å²) in [6.45, 7) is 0.553. The van der Waals surface area contributed by atoms with Crippen molar-refractivity contribution in [1.29, 1.82) is 0 Å². The van der Waals surface area contributed by atoms with Gasteiger partial charge in [0.2, 0.25) is 5.91 Å². The molecular formula is C12H13ClN2O2. The van der Waals surface area contributed by atoms with Crippen LogP contribution in [0.5, 0.6) is 0 Å². The molecule has 1 aromatic carbocycles. The Morgan fingerprint density at radius 3 is 2.82 bits per heavy atom. The van der Waals surface area contributed by atoms with Crippen LogP contribution in [0.25, 0.3) is 0 Å². The molecule has 1 aromatic rings. The maximum absolute atomic E-state index is 11.4. The fourth-order valence-electron chi connectivity index (χ4n) is 1.58. The van der Waals surface area contributed by atoms with Crippen LogP contribution in [0.2, 0.25) is 5.02 Å². The third kappa shape index (κ3) is 3.27. The Labute approximate surface area is 104 Å². The van der Waals surface area contributed by atoms with E-state index in [4.69, 9.17) is 11.6 Å². The van der Waals surface area contributed by atoms with Gasteiger partial charge in [0.1, 0.15) is 6.54 Å². The van der Waals surface area contributed by atoms with Gasteiger partial charge in [-0.05, 0) is 30.0 Å². The van der Waals surface area contributed by atoms with Gasteiger partial charge in [0.05, 0.1) is 0 Å². The van der Waals surface area contributed by atoms with Crippen LogP contribution in [-0.4, -0.2) is 5.91 Å². The largest absolute Gasteiger partial charge is 0.352 e. The SMILES string of the molecule is O=NCc1ccc(CNC(=O)C2CC2)c(Cl)c1. The molecule has 1 aliphatic rings. The van der Waals surface area contributed by atoms with E-state index < -0.39 is 0 Å². The van der Waals surface area contributed by atoms with Crippen LogP contribution in [0.1, 0.15) is 24.0 Å². The standard InChI is InChI=1S/C12H13ClN2O2/c13-11-5-8(6-15-17)1-2-10(11)7-14-12(16)9-3-4-9/h1-2,5,9H,3-4,6-7H2,(H,14,16). The predicted octanol–water partition coefficient (Wildman–Crippen LogP) is 2.63. The summed E-state index contributed by atoms with van der Waals surface area (Å²) in [6.07, 6.45) is 1.98. The molecule has 2 rings (SSSR count). The molecule has 90 valence electrons. The van der Waals surface area contributed by atoms with Crippen molar-refractivity contribution in [2.45, 2.75) is 25.9 Å². The number of hydrogen-bond donors (Lipinski definition) is 1. The lowest BCUT2D eigenvalue weighted by Crippen LogP contribution is -2.24. The van der Waals surface area contributed by atoms with Crippen molar-refractivity contribution < 1.29 is 4.79 Å². The zero-order valence-corrected chi connectivity index (χ0v) is 10.0. The zero-order chi connectivity index (χ0) is 12.3. The second-order valence-corrected chi connectivity index (χ2v) is 4.61. The van der Waals surface area contributed by atoms with Gasteiger partial charge in [-0.15, -0.1) is 0 Å². The predicted molar refractivity (Wildman–Crippen MR) is 65.5 cm³/mol. The smallest absolute Gasteiger partial charge is 0.223 e. The molecule has 1 fully saturated rings. The molecule has 1 saturated carbocycles. The lowest BCUT2D eigenvalue weighted by molar-refractivity contribution is -0.122. The van der Waals surface area contributed by atoms with Crippen molar-refractivity contribution in [3.05, 3.63) is 39.3 Å². The molecule has 4 nitrogen and oxygen atoms in total. The number of rotatable bonds is 5. The second-order valence-electron chi connectivity index (χ2n) is 4.21. The summed E-state index contributed by atoms with van der Waals surface area (Å²) in [7, 11) is 0. The Balaban J connectivity index is 1.95. The van der Waals surface area contributed by atoms with Crippen LogP contribution in [-0.2, 0) is 17.9 Å². The van der Waals surface area contributed by atoms with E-state index in [9.17, 15) is 9.70 Å². The summed E-state index contributed by atoms with van der Waals surface area (Å²) < 4.78 is 0. The Morgan fingerprint density at radius 1 is 1.47 bits per heavy atom. The quantitative estimate of drug-likeness (QED) is 0.819. The maximum Gasteiger partial charge on any atom is 0.223 e. The average Bonchev–Trinajstić information content (AvgIpc) is 3.12. The van der Waals surface area contributed by atoms with Crippen molar-refractivity contribution in [1.82, 2.24) is 5.32 Å². The monoisotopic (exact) mass is 252 g/mol. The van der Waals surface area contributed by atoms with E-state index in [-0.39, 0.29) is 18.4 Å². The number of nitroso groups, excluding NO2 is 1. The first-order valence-electron chi connectivity index (χ1n) is 5.55. The highest BCUT2D eigenvalue weighted by molar-refractivity contribution is 6.31. The number of carbonyl (C=O) groups excluding carboxylic acids is 1. The van der Waals surface area contributed by atoms with Crippen molar-refractivity contribution >= 4 is 17.5 Å². The van der Waals surface area contributed by atoms with E-state index >= 15 is 0 Å². The van der Waals surface area contributed by atoms with Gasteiger partial charge >= 0.3 is 0 Å². The van der Waals surface area contributed by atoms with E-state index in [0.29, 0.717) is 11.6 Å². The number of halogens is 1. The van der Waals surface area contributed by atoms with Gasteiger partial charge < -0.3 is 5.32 Å². The normalized spacial score (nSPS) is 14.4. The van der Waals surface area contributed by atoms with Gasteiger partial charge in [0, 0.05) is 17.5 Å². The fourth-order valence-corrected chi connectivity index (χ4v) is 1.85. The Hall–Kier alpha value is -1.42. The molecule has 0 radical (unpaired) electrons. The van der Waals surface area contributed by atoms with Gasteiger partial charge in [-0.25, -0.2) is 0 Å². The maximum atomic E-state index is 11.4. The van der Waals surface area contributed by atoms with Gasteiger partial charge in [-0.1, -0.05) is 28.9 Å². The van der Waals surface area contributed by atoms with Crippen LogP contribution in [0.3, 0.4) is 0 Å². The van der Waals surface area contributed by atoms with E-state index in [0.717, 1.165) is 24.0 Å². The van der Waals surface area contributed by atoms with Crippen molar-refractivity contribution in [3.8, 4) is 0 Å². The lowest BCUT2D eigenvalue weighted by Gasteiger charge is -2.07. The number of amides is 1. The van der Waals surface area contributed by atoms with Gasteiger partial charge in [0.25, 0.3) is 0 Å². The molecule has 0 aliphatic heterocycles. The highest BCUT2D eigenvalue weighted by atomic mass is 35.5. The Bertz CT molecular complexity index is 444. The topological polar surface area (TPSA) is 58.5 Å². The molecule has 0 spiro atoms. The first kappa shape index (κ1) is 12.0. The van der Waals surface area contributed by atoms with E-state index in [1.54, 1.807) is 12.1 Å². The molecule has 1 amide bonds. The molecule has 0 unspecified atom stereocenters. The molecule has 5 heteroatoms. The molecule has 1 N–H and O–H groups in total. The number of nitrogens with one attached hydrogen (secondary N) is 1. The van der Waals surface area contributed by atoms with Gasteiger partial charge in [-0.2, -0.15) is 4.91 Å². The third-order valence-corrected chi connectivity index (χ3v) is 3.12. The summed E-state index contributed by atoms with van der Waals surface area (Å²) in [5, 5.41) is 6.21. The van der Waals surface area contributed by atoms with E-state index in [2.05, 4.69) is 10.5 Å². The second kappa shape index (κ2) is 5.27. The van der Waals surface area contributed by atoms with Crippen molar-refractivity contribution in [2.75, 3.05) is 0 Å². The molecule has 0 aromatic heterocycles. The summed E-state index contributed by atoms with van der Waals surface area (Å²) in [5.41, 5.74) is 1.64. The number of nitrogens with zero attached hydrogens (tertiary/aromatic N) is 1. The molecule has 1 aliphatic carbocycles.